The van der Waals surface area contributed by atoms with E-state index in [0.717, 1.165) is 22.3 Å². The molecule has 0 fully saturated rings. The number of pyridine rings is 2. The van der Waals surface area contributed by atoms with E-state index in [1.165, 1.54) is 6.92 Å². The van der Waals surface area contributed by atoms with E-state index in [9.17, 15) is 22.8 Å². The maximum absolute atomic E-state index is 12.9. The maximum atomic E-state index is 12.9. The molecule has 0 aliphatic carbocycles. The van der Waals surface area contributed by atoms with Crippen LogP contribution in [0.3, 0.4) is 0 Å². The van der Waals surface area contributed by atoms with Gasteiger partial charge in [-0.1, -0.05) is 6.07 Å². The molecule has 2 N–H and O–H groups in total. The first-order valence-electron chi connectivity index (χ1n) is 10.6. The molecule has 4 aromatic rings. The molecule has 2 amide bonds. The predicted molar refractivity (Wildman–Crippen MR) is 127 cm³/mol. The van der Waals surface area contributed by atoms with Crippen molar-refractivity contribution in [3.8, 4) is 22.4 Å². The number of rotatable bonds is 5. The zero-order valence-corrected chi connectivity index (χ0v) is 19.1. The zero-order valence-electron chi connectivity index (χ0n) is 19.1. The Labute approximate surface area is 203 Å². The summed E-state index contributed by atoms with van der Waals surface area (Å²) in [6.45, 7) is 3.28. The van der Waals surface area contributed by atoms with Gasteiger partial charge in [-0.05, 0) is 66.1 Å². The number of alkyl halides is 3. The molecule has 0 aliphatic rings. The van der Waals surface area contributed by atoms with Crippen molar-refractivity contribution in [2.24, 2.45) is 0 Å². The molecule has 0 radical (unpaired) electrons. The topological polar surface area (TPSA) is 110 Å². The van der Waals surface area contributed by atoms with Gasteiger partial charge in [0, 0.05) is 30.6 Å². The predicted octanol–water partition coefficient (Wildman–Crippen LogP) is 5.14. The number of carbonyl (C=O) groups is 2. The monoisotopic (exact) mass is 492 g/mol. The summed E-state index contributed by atoms with van der Waals surface area (Å²) in [4.78, 5) is 32.4. The highest BCUT2D eigenvalue weighted by molar-refractivity contribution is 6.03. The van der Waals surface area contributed by atoms with E-state index in [4.69, 9.17) is 0 Å². The second-order valence-corrected chi connectivity index (χ2v) is 7.85. The Morgan fingerprint density at radius 1 is 0.889 bits per heavy atom. The van der Waals surface area contributed by atoms with Crippen LogP contribution in [-0.4, -0.2) is 32.0 Å². The summed E-state index contributed by atoms with van der Waals surface area (Å²) < 4.78 is 38.8. The summed E-state index contributed by atoms with van der Waals surface area (Å²) in [5.41, 5.74) is 2.70. The molecule has 0 bridgehead atoms. The lowest BCUT2D eigenvalue weighted by Crippen LogP contribution is -2.16. The number of hydrogen-bond acceptors (Lipinski definition) is 6. The molecule has 36 heavy (non-hydrogen) atoms. The lowest BCUT2D eigenvalue weighted by atomic mass is 9.99. The normalized spacial score (nSPS) is 11.1. The van der Waals surface area contributed by atoms with E-state index >= 15 is 0 Å². The fourth-order valence-electron chi connectivity index (χ4n) is 3.43. The van der Waals surface area contributed by atoms with Crippen molar-refractivity contribution >= 4 is 23.3 Å². The number of benzene rings is 1. The molecule has 3 heterocycles. The Morgan fingerprint density at radius 3 is 2.39 bits per heavy atom. The molecular formula is C25H19F3N6O2. The SMILES string of the molecule is CC(=O)Nc1cc(-c2cc(-c3cc(NC(=O)c4cc(C(F)(F)F)cnn4)ccc3C)ccn2)ccn1. The fourth-order valence-corrected chi connectivity index (χ4v) is 3.43. The van der Waals surface area contributed by atoms with Gasteiger partial charge in [-0.3, -0.25) is 14.6 Å². The number of halogens is 3. The van der Waals surface area contributed by atoms with Gasteiger partial charge in [0.1, 0.15) is 5.82 Å². The van der Waals surface area contributed by atoms with Gasteiger partial charge in [-0.15, -0.1) is 5.10 Å². The van der Waals surface area contributed by atoms with Gasteiger partial charge in [0.25, 0.3) is 5.91 Å². The third kappa shape index (κ3) is 5.69. The van der Waals surface area contributed by atoms with E-state index < -0.39 is 23.3 Å². The Hall–Kier alpha value is -4.67. The summed E-state index contributed by atoms with van der Waals surface area (Å²) >= 11 is 0. The molecule has 11 heteroatoms. The van der Waals surface area contributed by atoms with Crippen molar-refractivity contribution in [2.45, 2.75) is 20.0 Å². The number of hydrogen-bond donors (Lipinski definition) is 2. The van der Waals surface area contributed by atoms with Crippen molar-refractivity contribution in [2.75, 3.05) is 10.6 Å². The second kappa shape index (κ2) is 9.90. The highest BCUT2D eigenvalue weighted by atomic mass is 19.4. The molecule has 182 valence electrons. The number of nitrogens with one attached hydrogen (secondary N) is 2. The number of carbonyl (C=O) groups excluding carboxylic acids is 2. The Kier molecular flexibility index (Phi) is 6.73. The summed E-state index contributed by atoms with van der Waals surface area (Å²) in [6, 6.07) is 12.9. The van der Waals surface area contributed by atoms with Crippen molar-refractivity contribution in [1.82, 2.24) is 20.2 Å². The van der Waals surface area contributed by atoms with Crippen LogP contribution in [0.5, 0.6) is 0 Å². The van der Waals surface area contributed by atoms with Crippen LogP contribution in [0.25, 0.3) is 22.4 Å². The van der Waals surface area contributed by atoms with Crippen molar-refractivity contribution < 1.29 is 22.8 Å². The third-order valence-corrected chi connectivity index (χ3v) is 5.14. The van der Waals surface area contributed by atoms with Crippen LogP contribution >= 0.6 is 0 Å². The highest BCUT2D eigenvalue weighted by Crippen LogP contribution is 2.31. The van der Waals surface area contributed by atoms with Crippen LogP contribution in [0.1, 0.15) is 28.5 Å². The molecule has 0 saturated heterocycles. The number of anilines is 2. The van der Waals surface area contributed by atoms with Crippen molar-refractivity contribution in [3.05, 3.63) is 83.9 Å². The molecule has 0 saturated carbocycles. The van der Waals surface area contributed by atoms with Gasteiger partial charge in [0.15, 0.2) is 5.69 Å². The molecule has 0 atom stereocenters. The van der Waals surface area contributed by atoms with E-state index in [1.807, 2.05) is 13.0 Å². The Morgan fingerprint density at radius 2 is 1.64 bits per heavy atom. The first-order valence-corrected chi connectivity index (χ1v) is 10.6. The molecule has 0 spiro atoms. The van der Waals surface area contributed by atoms with Crippen molar-refractivity contribution in [1.29, 1.82) is 0 Å². The largest absolute Gasteiger partial charge is 0.418 e. The minimum Gasteiger partial charge on any atom is -0.321 e. The Bertz CT molecular complexity index is 1460. The summed E-state index contributed by atoms with van der Waals surface area (Å²) in [5.74, 6) is -0.668. The van der Waals surface area contributed by atoms with Crippen LogP contribution in [0.2, 0.25) is 0 Å². The van der Waals surface area contributed by atoms with E-state index in [2.05, 4.69) is 30.8 Å². The molecule has 4 rings (SSSR count). The van der Waals surface area contributed by atoms with E-state index in [0.29, 0.717) is 29.5 Å². The van der Waals surface area contributed by atoms with Crippen LogP contribution in [0.15, 0.2) is 67.1 Å². The first-order chi connectivity index (χ1) is 17.1. The van der Waals surface area contributed by atoms with Crippen LogP contribution in [-0.2, 0) is 11.0 Å². The van der Waals surface area contributed by atoms with Gasteiger partial charge in [-0.25, -0.2) is 4.98 Å². The molecule has 1 aromatic carbocycles. The maximum Gasteiger partial charge on any atom is 0.418 e. The average Bonchev–Trinajstić information content (AvgIpc) is 2.84. The van der Waals surface area contributed by atoms with Gasteiger partial charge >= 0.3 is 6.18 Å². The fraction of sp³-hybridized carbons (Fsp3) is 0.120. The standard InChI is InChI=1S/C25H19F3N6O2/c1-14-3-4-19(33-24(36)22-11-18(13-31-34-22)25(26,27)28)12-20(14)16-5-7-29-21(9-16)17-6-8-30-23(10-17)32-15(2)35/h3-13H,1-2H3,(H,33,36)(H,30,32,35). The average molecular weight is 492 g/mol. The Balaban J connectivity index is 1.62. The van der Waals surface area contributed by atoms with Gasteiger partial charge < -0.3 is 10.6 Å². The van der Waals surface area contributed by atoms with Crippen LogP contribution < -0.4 is 10.6 Å². The van der Waals surface area contributed by atoms with Gasteiger partial charge in [0.05, 0.1) is 17.5 Å². The molecule has 0 unspecified atom stereocenters. The molecular weight excluding hydrogens is 473 g/mol. The number of aromatic nitrogens is 4. The third-order valence-electron chi connectivity index (χ3n) is 5.14. The minimum absolute atomic E-state index is 0.244. The smallest absolute Gasteiger partial charge is 0.321 e. The van der Waals surface area contributed by atoms with Crippen LogP contribution in [0.4, 0.5) is 24.7 Å². The first kappa shape index (κ1) is 24.5. The summed E-state index contributed by atoms with van der Waals surface area (Å²) in [7, 11) is 0. The summed E-state index contributed by atoms with van der Waals surface area (Å²) in [6.07, 6.45) is -0.887. The second-order valence-electron chi connectivity index (χ2n) is 7.85. The summed E-state index contributed by atoms with van der Waals surface area (Å²) in [5, 5.41) is 12.0. The minimum atomic E-state index is -4.64. The number of aryl methyl sites for hydroxylation is 1. The van der Waals surface area contributed by atoms with Crippen molar-refractivity contribution in [3.63, 3.8) is 0 Å². The highest BCUT2D eigenvalue weighted by Gasteiger charge is 2.32. The van der Waals surface area contributed by atoms with E-state index in [1.54, 1.807) is 48.8 Å². The van der Waals surface area contributed by atoms with E-state index in [-0.39, 0.29) is 5.91 Å². The molecule has 0 aliphatic heterocycles. The van der Waals surface area contributed by atoms with Gasteiger partial charge in [0.2, 0.25) is 5.91 Å². The number of amides is 2. The van der Waals surface area contributed by atoms with Gasteiger partial charge in [-0.2, -0.15) is 18.3 Å². The van der Waals surface area contributed by atoms with Crippen LogP contribution in [0, 0.1) is 6.92 Å². The zero-order chi connectivity index (χ0) is 25.9. The lowest BCUT2D eigenvalue weighted by Gasteiger charge is -2.12. The number of nitrogens with zero attached hydrogens (tertiary/aromatic N) is 4. The molecule has 3 aromatic heterocycles. The lowest BCUT2D eigenvalue weighted by molar-refractivity contribution is -0.138. The molecule has 8 nitrogen and oxygen atoms in total. The quantitative estimate of drug-likeness (QED) is 0.399.